The smallest absolute Gasteiger partial charge is 0.179 e. The van der Waals surface area contributed by atoms with Crippen molar-refractivity contribution in [1.82, 2.24) is 15.2 Å². The number of ketones is 1. The summed E-state index contributed by atoms with van der Waals surface area (Å²) in [6, 6.07) is 1.86. The van der Waals surface area contributed by atoms with Crippen molar-refractivity contribution in [2.45, 2.75) is 62.7 Å². The number of hydrogen-bond donors (Lipinski definition) is 1. The summed E-state index contributed by atoms with van der Waals surface area (Å²) < 4.78 is 29.0. The number of nitrogens with zero attached hydrogens (tertiary/aromatic N) is 4. The standard InChI is InChI=1S/C25H31N5O3S2/c1-30-23(8-10-27-30)28-25-19(14-26-29-25)17-6-7-21-18(12-17)24(35(32,33)11-9-15-2-3-15)22(34-21)13-20(31)16-4-5-16/h8,10,14-17,19H,2-7,9,11-13H2,1H3,(H,28,29). The number of aromatic nitrogens is 2. The molecule has 0 amide bonds. The number of nitrogens with one attached hydrogen (secondary N) is 1. The second-order valence-electron chi connectivity index (χ2n) is 10.5. The Kier molecular flexibility index (Phi) is 5.91. The fourth-order valence-electron chi connectivity index (χ4n) is 5.34. The van der Waals surface area contributed by atoms with Crippen molar-refractivity contribution in [3.05, 3.63) is 27.6 Å². The highest BCUT2D eigenvalue weighted by Crippen LogP contribution is 2.44. The molecule has 0 spiro atoms. The normalized spacial score (nSPS) is 25.1. The molecule has 3 heterocycles. The maximum absolute atomic E-state index is 13.6. The Morgan fingerprint density at radius 3 is 2.80 bits per heavy atom. The van der Waals surface area contributed by atoms with Crippen molar-refractivity contribution >= 4 is 44.8 Å². The Morgan fingerprint density at radius 1 is 1.26 bits per heavy atom. The van der Waals surface area contributed by atoms with Crippen LogP contribution in [0.25, 0.3) is 0 Å². The maximum atomic E-state index is 13.6. The second-order valence-corrected chi connectivity index (χ2v) is 13.7. The molecular weight excluding hydrogens is 482 g/mol. The average molecular weight is 514 g/mol. The zero-order valence-corrected chi connectivity index (χ0v) is 21.6. The van der Waals surface area contributed by atoms with Crippen molar-refractivity contribution in [3.63, 3.8) is 0 Å². The molecule has 0 radical (unpaired) electrons. The van der Waals surface area contributed by atoms with E-state index in [1.165, 1.54) is 0 Å². The molecule has 0 saturated heterocycles. The Hall–Kier alpha value is -2.33. The Labute approximate surface area is 209 Å². The van der Waals surface area contributed by atoms with E-state index in [2.05, 4.69) is 15.6 Å². The molecule has 1 N–H and O–H groups in total. The van der Waals surface area contributed by atoms with Gasteiger partial charge in [-0.1, -0.05) is 12.8 Å². The van der Waals surface area contributed by atoms with Crippen molar-refractivity contribution in [1.29, 1.82) is 0 Å². The number of thiophene rings is 1. The van der Waals surface area contributed by atoms with Crippen LogP contribution in [0.5, 0.6) is 0 Å². The summed E-state index contributed by atoms with van der Waals surface area (Å²) in [5.74, 6) is 2.81. The van der Waals surface area contributed by atoms with Crippen LogP contribution in [0.1, 0.15) is 53.8 Å². The van der Waals surface area contributed by atoms with Crippen LogP contribution in [-0.2, 0) is 40.9 Å². The molecule has 35 heavy (non-hydrogen) atoms. The maximum Gasteiger partial charge on any atom is 0.179 e. The van der Waals surface area contributed by atoms with Crippen molar-refractivity contribution in [2.24, 2.45) is 40.8 Å². The van der Waals surface area contributed by atoms with E-state index in [0.717, 1.165) is 71.9 Å². The van der Waals surface area contributed by atoms with Gasteiger partial charge in [-0.05, 0) is 55.9 Å². The molecule has 3 aliphatic carbocycles. The number of Topliss-reactive ketones (excluding diaryl/α,β-unsaturated/α-hetero) is 1. The zero-order valence-electron chi connectivity index (χ0n) is 19.9. The highest BCUT2D eigenvalue weighted by Gasteiger charge is 2.39. The van der Waals surface area contributed by atoms with E-state index >= 15 is 0 Å². The second kappa shape index (κ2) is 8.96. The Bertz CT molecular complexity index is 1310. The molecule has 1 aliphatic heterocycles. The van der Waals surface area contributed by atoms with Gasteiger partial charge in [-0.25, -0.2) is 13.4 Å². The van der Waals surface area contributed by atoms with Crippen LogP contribution in [0.4, 0.5) is 5.82 Å². The van der Waals surface area contributed by atoms with E-state index in [0.29, 0.717) is 17.2 Å². The van der Waals surface area contributed by atoms with Crippen LogP contribution in [0.3, 0.4) is 0 Å². The van der Waals surface area contributed by atoms with Gasteiger partial charge in [0.05, 0.1) is 22.8 Å². The molecule has 4 aliphatic rings. The predicted molar refractivity (Wildman–Crippen MR) is 136 cm³/mol. The lowest BCUT2D eigenvalue weighted by atomic mass is 9.79. The SMILES string of the molecule is Cn1nccc1N=C1NN=CC1C1CCc2sc(CC(=O)C3CC3)c(S(=O)(=O)CCC3CC3)c2C1. The van der Waals surface area contributed by atoms with Crippen LogP contribution in [-0.4, -0.2) is 41.8 Å². The molecule has 6 rings (SSSR count). The molecule has 8 nitrogen and oxygen atoms in total. The van der Waals surface area contributed by atoms with Gasteiger partial charge < -0.3 is 0 Å². The first-order chi connectivity index (χ1) is 16.9. The van der Waals surface area contributed by atoms with Gasteiger partial charge in [0.1, 0.15) is 11.6 Å². The molecule has 2 aromatic heterocycles. The molecule has 0 aromatic carbocycles. The number of fused-ring (bicyclic) bond motifs is 1. The summed E-state index contributed by atoms with van der Waals surface area (Å²) >= 11 is 1.57. The van der Waals surface area contributed by atoms with Gasteiger partial charge in [0, 0.05) is 41.4 Å². The van der Waals surface area contributed by atoms with Gasteiger partial charge in [-0.2, -0.15) is 10.2 Å². The van der Waals surface area contributed by atoms with Gasteiger partial charge in [-0.15, -0.1) is 11.3 Å². The Morgan fingerprint density at radius 2 is 2.09 bits per heavy atom. The van der Waals surface area contributed by atoms with Gasteiger partial charge in [0.25, 0.3) is 0 Å². The number of hydrazone groups is 1. The molecule has 0 bridgehead atoms. The first-order valence-corrected chi connectivity index (χ1v) is 15.1. The number of carbonyl (C=O) groups excluding carboxylic acids is 1. The third-order valence-corrected chi connectivity index (χ3v) is 11.1. The molecule has 2 atom stereocenters. The quantitative estimate of drug-likeness (QED) is 0.551. The summed E-state index contributed by atoms with van der Waals surface area (Å²) in [4.78, 5) is 19.9. The number of carbonyl (C=O) groups is 1. The van der Waals surface area contributed by atoms with Crippen LogP contribution in [0.2, 0.25) is 0 Å². The van der Waals surface area contributed by atoms with E-state index in [-0.39, 0.29) is 35.7 Å². The van der Waals surface area contributed by atoms with Crippen LogP contribution < -0.4 is 5.43 Å². The molecule has 2 fully saturated rings. The number of aliphatic imine (C=N–C) groups is 1. The minimum Gasteiger partial charge on any atom is -0.299 e. The van der Waals surface area contributed by atoms with E-state index < -0.39 is 9.84 Å². The summed E-state index contributed by atoms with van der Waals surface area (Å²) in [6.45, 7) is 0. The van der Waals surface area contributed by atoms with Gasteiger partial charge in [0.15, 0.2) is 15.7 Å². The largest absolute Gasteiger partial charge is 0.299 e. The lowest BCUT2D eigenvalue weighted by molar-refractivity contribution is -0.119. The minimum atomic E-state index is -3.44. The lowest BCUT2D eigenvalue weighted by Gasteiger charge is -2.27. The number of rotatable bonds is 9. The average Bonchev–Trinajstić information content (AvgIpc) is 3.73. The summed E-state index contributed by atoms with van der Waals surface area (Å²) in [6.07, 6.45) is 11.2. The van der Waals surface area contributed by atoms with E-state index in [1.807, 2.05) is 19.3 Å². The van der Waals surface area contributed by atoms with Crippen molar-refractivity contribution in [2.75, 3.05) is 5.75 Å². The van der Waals surface area contributed by atoms with Crippen LogP contribution in [0, 0.1) is 23.7 Å². The molecule has 186 valence electrons. The molecule has 2 aromatic rings. The van der Waals surface area contributed by atoms with Gasteiger partial charge in [0.2, 0.25) is 0 Å². The fraction of sp³-hybridized carbons (Fsp3) is 0.600. The van der Waals surface area contributed by atoms with Gasteiger partial charge in [-0.3, -0.25) is 14.9 Å². The topological polar surface area (TPSA) is 106 Å². The van der Waals surface area contributed by atoms with Crippen LogP contribution in [0.15, 0.2) is 27.3 Å². The van der Waals surface area contributed by atoms with E-state index in [9.17, 15) is 13.2 Å². The number of sulfone groups is 1. The third-order valence-electron chi connectivity index (χ3n) is 7.76. The molecular formula is C25H31N5O3S2. The summed E-state index contributed by atoms with van der Waals surface area (Å²) in [7, 11) is -1.58. The number of hydrogen-bond acceptors (Lipinski definition) is 7. The first-order valence-electron chi connectivity index (χ1n) is 12.6. The summed E-state index contributed by atoms with van der Waals surface area (Å²) in [5.41, 5.74) is 4.01. The third kappa shape index (κ3) is 4.74. The fourth-order valence-corrected chi connectivity index (χ4v) is 9.01. The molecule has 10 heteroatoms. The summed E-state index contributed by atoms with van der Waals surface area (Å²) in [5, 5.41) is 8.48. The van der Waals surface area contributed by atoms with E-state index in [4.69, 9.17) is 4.99 Å². The molecule has 2 unspecified atom stereocenters. The van der Waals surface area contributed by atoms with Gasteiger partial charge >= 0.3 is 0 Å². The highest BCUT2D eigenvalue weighted by atomic mass is 32.2. The van der Waals surface area contributed by atoms with Crippen molar-refractivity contribution in [3.8, 4) is 0 Å². The number of amidine groups is 1. The first kappa shape index (κ1) is 23.1. The number of aryl methyl sites for hydroxylation is 2. The Balaban J connectivity index is 1.31. The van der Waals surface area contributed by atoms with E-state index in [1.54, 1.807) is 22.2 Å². The highest BCUT2D eigenvalue weighted by molar-refractivity contribution is 7.91. The predicted octanol–water partition coefficient (Wildman–Crippen LogP) is 3.62. The van der Waals surface area contributed by atoms with Crippen molar-refractivity contribution < 1.29 is 13.2 Å². The zero-order chi connectivity index (χ0) is 24.2. The lowest BCUT2D eigenvalue weighted by Crippen LogP contribution is -2.31. The van der Waals surface area contributed by atoms with Crippen LogP contribution >= 0.6 is 11.3 Å². The monoisotopic (exact) mass is 513 g/mol. The molecule has 2 saturated carbocycles. The minimum absolute atomic E-state index is 0.00323.